The first-order valence-corrected chi connectivity index (χ1v) is 7.97. The molecule has 0 saturated heterocycles. The summed E-state index contributed by atoms with van der Waals surface area (Å²) in [5.74, 6) is 0.0281. The van der Waals surface area contributed by atoms with E-state index in [2.05, 4.69) is 4.98 Å². The second kappa shape index (κ2) is 5.15. The van der Waals surface area contributed by atoms with E-state index in [0.29, 0.717) is 41.8 Å². The van der Waals surface area contributed by atoms with Gasteiger partial charge in [0.2, 0.25) is 0 Å². The zero-order chi connectivity index (χ0) is 16.1. The smallest absolute Gasteiger partial charge is 0.196 e. The molecule has 2 heterocycles. The minimum atomic E-state index is -0.441. The molecule has 4 aromatic rings. The van der Waals surface area contributed by atoms with Gasteiger partial charge < -0.3 is 4.74 Å². The van der Waals surface area contributed by atoms with Crippen molar-refractivity contribution in [3.8, 4) is 5.75 Å². The lowest BCUT2D eigenvalue weighted by Crippen LogP contribution is -2.03. The second-order valence-corrected chi connectivity index (χ2v) is 6.51. The van der Waals surface area contributed by atoms with Crippen LogP contribution in [0.25, 0.3) is 31.1 Å². The van der Waals surface area contributed by atoms with Crippen molar-refractivity contribution in [2.24, 2.45) is 0 Å². The Labute approximate surface area is 138 Å². The van der Waals surface area contributed by atoms with Crippen LogP contribution in [0.2, 0.25) is 5.02 Å². The molecule has 0 unspecified atom stereocenters. The largest absolute Gasteiger partial charge is 0.495 e. The van der Waals surface area contributed by atoms with E-state index in [0.717, 1.165) is 0 Å². The van der Waals surface area contributed by atoms with Crippen molar-refractivity contribution in [3.05, 3.63) is 57.6 Å². The van der Waals surface area contributed by atoms with Crippen LogP contribution in [0.3, 0.4) is 0 Å². The van der Waals surface area contributed by atoms with Crippen molar-refractivity contribution in [2.45, 2.75) is 0 Å². The number of ether oxygens (including phenoxy) is 1. The quantitative estimate of drug-likeness (QED) is 0.368. The summed E-state index contributed by atoms with van der Waals surface area (Å²) in [6.07, 6.45) is 1.65. The Bertz CT molecular complexity index is 1160. The van der Waals surface area contributed by atoms with E-state index >= 15 is 0 Å². The third-order valence-electron chi connectivity index (χ3n) is 3.75. The highest BCUT2D eigenvalue weighted by atomic mass is 35.5. The number of benzene rings is 2. The SMILES string of the molecule is COc1ccc2ncc3sc4ccc(F)cc4c(=O)c3c2c1Cl. The Balaban J connectivity index is 2.31. The summed E-state index contributed by atoms with van der Waals surface area (Å²) in [6.45, 7) is 0. The van der Waals surface area contributed by atoms with Crippen LogP contribution >= 0.6 is 22.9 Å². The van der Waals surface area contributed by atoms with Crippen molar-refractivity contribution in [2.75, 3.05) is 7.11 Å². The van der Waals surface area contributed by atoms with E-state index in [1.165, 1.54) is 30.6 Å². The molecule has 0 radical (unpaired) electrons. The molecule has 0 N–H and O–H groups in total. The van der Waals surface area contributed by atoms with Crippen LogP contribution in [-0.4, -0.2) is 12.1 Å². The number of nitrogens with zero attached hydrogens (tertiary/aromatic N) is 1. The monoisotopic (exact) mass is 345 g/mol. The number of pyridine rings is 1. The van der Waals surface area contributed by atoms with Gasteiger partial charge in [-0.05, 0) is 30.3 Å². The van der Waals surface area contributed by atoms with Crippen LogP contribution < -0.4 is 10.2 Å². The molecule has 0 atom stereocenters. The van der Waals surface area contributed by atoms with Crippen molar-refractivity contribution in [1.29, 1.82) is 0 Å². The van der Waals surface area contributed by atoms with Gasteiger partial charge in [0.15, 0.2) is 5.43 Å². The number of fused-ring (bicyclic) bond motifs is 4. The molecule has 0 aliphatic rings. The number of methoxy groups -OCH3 is 1. The molecule has 2 aromatic carbocycles. The summed E-state index contributed by atoms with van der Waals surface area (Å²) in [5.41, 5.74) is 0.346. The maximum atomic E-state index is 13.5. The van der Waals surface area contributed by atoms with E-state index < -0.39 is 5.82 Å². The number of halogens is 2. The standard InChI is InChI=1S/C17H9ClFNO2S/c1-22-11-4-3-10-14(16(11)18)15-13(7-20-10)23-12-5-2-8(19)6-9(12)17(15)21/h2-7H,1H3. The fourth-order valence-electron chi connectivity index (χ4n) is 2.69. The Kier molecular flexibility index (Phi) is 3.21. The molecular formula is C17H9ClFNO2S. The lowest BCUT2D eigenvalue weighted by molar-refractivity contribution is 0.415. The molecule has 0 aliphatic heterocycles. The van der Waals surface area contributed by atoms with Gasteiger partial charge in [0.25, 0.3) is 0 Å². The third kappa shape index (κ3) is 2.08. The Morgan fingerprint density at radius 1 is 1.17 bits per heavy atom. The van der Waals surface area contributed by atoms with Gasteiger partial charge in [-0.2, -0.15) is 0 Å². The fourth-order valence-corrected chi connectivity index (χ4v) is 4.06. The molecule has 4 rings (SSSR count). The number of hydrogen-bond acceptors (Lipinski definition) is 4. The molecule has 3 nitrogen and oxygen atoms in total. The number of aromatic nitrogens is 1. The van der Waals surface area contributed by atoms with Gasteiger partial charge >= 0.3 is 0 Å². The van der Waals surface area contributed by atoms with Gasteiger partial charge in [0, 0.05) is 21.7 Å². The van der Waals surface area contributed by atoms with Crippen molar-refractivity contribution >= 4 is 54.0 Å². The Morgan fingerprint density at radius 2 is 2.00 bits per heavy atom. The summed E-state index contributed by atoms with van der Waals surface area (Å²) in [5, 5.41) is 1.66. The van der Waals surface area contributed by atoms with E-state index in [9.17, 15) is 9.18 Å². The summed E-state index contributed by atoms with van der Waals surface area (Å²) >= 11 is 7.78. The molecule has 2 aromatic heterocycles. The topological polar surface area (TPSA) is 39.2 Å². The van der Waals surface area contributed by atoms with Crippen molar-refractivity contribution in [3.63, 3.8) is 0 Å². The predicted molar refractivity (Wildman–Crippen MR) is 92.4 cm³/mol. The molecule has 0 fully saturated rings. The fraction of sp³-hybridized carbons (Fsp3) is 0.0588. The highest BCUT2D eigenvalue weighted by molar-refractivity contribution is 7.24. The minimum Gasteiger partial charge on any atom is -0.495 e. The molecule has 0 spiro atoms. The molecule has 0 bridgehead atoms. The van der Waals surface area contributed by atoms with Crippen molar-refractivity contribution < 1.29 is 9.13 Å². The molecule has 23 heavy (non-hydrogen) atoms. The Hall–Kier alpha value is -2.24. The van der Waals surface area contributed by atoms with E-state index in [1.54, 1.807) is 24.4 Å². The van der Waals surface area contributed by atoms with E-state index in [1.807, 2.05) is 0 Å². The zero-order valence-electron chi connectivity index (χ0n) is 11.9. The molecular weight excluding hydrogens is 337 g/mol. The van der Waals surface area contributed by atoms with Crippen LogP contribution in [0, 0.1) is 5.82 Å². The molecule has 0 amide bonds. The highest BCUT2D eigenvalue weighted by Gasteiger charge is 2.15. The first-order valence-electron chi connectivity index (χ1n) is 6.77. The molecule has 0 saturated carbocycles. The number of rotatable bonds is 1. The maximum Gasteiger partial charge on any atom is 0.196 e. The van der Waals surface area contributed by atoms with Gasteiger partial charge in [-0.15, -0.1) is 11.3 Å². The number of hydrogen-bond donors (Lipinski definition) is 0. The Morgan fingerprint density at radius 3 is 2.78 bits per heavy atom. The van der Waals surface area contributed by atoms with Gasteiger partial charge in [-0.25, -0.2) is 4.39 Å². The average Bonchev–Trinajstić information content (AvgIpc) is 2.56. The van der Waals surface area contributed by atoms with Crippen LogP contribution in [0.5, 0.6) is 5.75 Å². The zero-order valence-corrected chi connectivity index (χ0v) is 13.5. The summed E-state index contributed by atoms with van der Waals surface area (Å²) in [7, 11) is 1.51. The molecule has 6 heteroatoms. The van der Waals surface area contributed by atoms with Gasteiger partial charge in [-0.3, -0.25) is 9.78 Å². The van der Waals surface area contributed by atoms with Crippen LogP contribution in [0.4, 0.5) is 4.39 Å². The predicted octanol–water partition coefficient (Wildman–Crippen LogP) is 4.76. The maximum absolute atomic E-state index is 13.5. The lowest BCUT2D eigenvalue weighted by atomic mass is 10.1. The normalized spacial score (nSPS) is 11.4. The van der Waals surface area contributed by atoms with Gasteiger partial charge in [0.1, 0.15) is 11.6 Å². The lowest BCUT2D eigenvalue weighted by Gasteiger charge is -2.09. The second-order valence-electron chi connectivity index (χ2n) is 5.05. The van der Waals surface area contributed by atoms with Gasteiger partial charge in [0.05, 0.1) is 27.7 Å². The summed E-state index contributed by atoms with van der Waals surface area (Å²) in [6, 6.07) is 7.66. The van der Waals surface area contributed by atoms with Crippen LogP contribution in [-0.2, 0) is 0 Å². The van der Waals surface area contributed by atoms with E-state index in [4.69, 9.17) is 16.3 Å². The van der Waals surface area contributed by atoms with Crippen LogP contribution in [0.1, 0.15) is 0 Å². The van der Waals surface area contributed by atoms with Crippen LogP contribution in [0.15, 0.2) is 41.3 Å². The first-order chi connectivity index (χ1) is 11.1. The molecule has 0 aliphatic carbocycles. The summed E-state index contributed by atoms with van der Waals surface area (Å²) < 4.78 is 20.2. The third-order valence-corrected chi connectivity index (χ3v) is 5.24. The minimum absolute atomic E-state index is 0.254. The summed E-state index contributed by atoms with van der Waals surface area (Å²) in [4.78, 5) is 17.3. The first kappa shape index (κ1) is 14.4. The molecule has 114 valence electrons. The van der Waals surface area contributed by atoms with Gasteiger partial charge in [-0.1, -0.05) is 11.6 Å². The highest BCUT2D eigenvalue weighted by Crippen LogP contribution is 2.37. The van der Waals surface area contributed by atoms with Crippen molar-refractivity contribution in [1.82, 2.24) is 4.98 Å². The average molecular weight is 346 g/mol. The van der Waals surface area contributed by atoms with E-state index in [-0.39, 0.29) is 5.43 Å².